The normalized spacial score (nSPS) is 9.42. The molecule has 5 nitrogen and oxygen atoms in total. The van der Waals surface area contributed by atoms with Crippen molar-refractivity contribution in [2.75, 3.05) is 5.73 Å². The van der Waals surface area contributed by atoms with E-state index in [-0.39, 0.29) is 17.0 Å². The summed E-state index contributed by atoms with van der Waals surface area (Å²) in [5, 5.41) is 9.07. The van der Waals surface area contributed by atoms with Crippen LogP contribution in [0.15, 0.2) is 18.2 Å². The van der Waals surface area contributed by atoms with E-state index in [9.17, 15) is 4.79 Å². The van der Waals surface area contributed by atoms with E-state index in [2.05, 4.69) is 10.7 Å². The van der Waals surface area contributed by atoms with E-state index in [0.717, 1.165) is 0 Å². The highest BCUT2D eigenvalue weighted by molar-refractivity contribution is 5.90. The van der Waals surface area contributed by atoms with E-state index in [1.54, 1.807) is 0 Å². The van der Waals surface area contributed by atoms with Crippen LogP contribution in [0.4, 0.5) is 5.69 Å². The maximum absolute atomic E-state index is 10.8. The van der Waals surface area contributed by atoms with Crippen LogP contribution in [0.25, 0.3) is 0 Å². The summed E-state index contributed by atoms with van der Waals surface area (Å²) < 4.78 is 0. The number of phenols is 1. The molecule has 0 spiro atoms. The molecule has 1 rings (SSSR count). The molecule has 0 aliphatic rings. The van der Waals surface area contributed by atoms with Crippen LogP contribution in [0, 0.1) is 0 Å². The van der Waals surface area contributed by atoms with Gasteiger partial charge < -0.3 is 15.7 Å². The highest BCUT2D eigenvalue weighted by atomic mass is 16.7. The van der Waals surface area contributed by atoms with Gasteiger partial charge in [-0.3, -0.25) is 0 Å². The smallest absolute Gasteiger partial charge is 0.356 e. The lowest BCUT2D eigenvalue weighted by Crippen LogP contribution is -2.09. The molecule has 0 radical (unpaired) electrons. The van der Waals surface area contributed by atoms with Crippen LogP contribution in [0.1, 0.15) is 10.4 Å². The van der Waals surface area contributed by atoms with E-state index in [1.807, 2.05) is 0 Å². The number of rotatable bonds is 1. The molecule has 64 valence electrons. The Labute approximate surface area is 68.5 Å². The molecule has 12 heavy (non-hydrogen) atoms. The van der Waals surface area contributed by atoms with Gasteiger partial charge in [-0.05, 0) is 18.2 Å². The van der Waals surface area contributed by atoms with E-state index >= 15 is 0 Å². The van der Waals surface area contributed by atoms with Crippen LogP contribution >= 0.6 is 0 Å². The zero-order valence-electron chi connectivity index (χ0n) is 6.15. The van der Waals surface area contributed by atoms with Gasteiger partial charge in [0.15, 0.2) is 0 Å². The number of hydrogen-bond donors (Lipinski definition) is 3. The van der Waals surface area contributed by atoms with Crippen molar-refractivity contribution >= 4 is 11.7 Å². The van der Waals surface area contributed by atoms with Crippen molar-refractivity contribution in [1.29, 1.82) is 0 Å². The summed E-state index contributed by atoms with van der Waals surface area (Å²) in [6, 6.07) is 3.98. The van der Waals surface area contributed by atoms with Gasteiger partial charge in [0.2, 0.25) is 0 Å². The molecular weight excluding hydrogens is 160 g/mol. The van der Waals surface area contributed by atoms with Gasteiger partial charge in [-0.1, -0.05) is 0 Å². The fourth-order valence-corrected chi connectivity index (χ4v) is 0.739. The summed E-state index contributed by atoms with van der Waals surface area (Å²) in [4.78, 5) is 14.7. The highest BCUT2D eigenvalue weighted by Gasteiger charge is 2.07. The van der Waals surface area contributed by atoms with E-state index in [4.69, 9.17) is 10.8 Å². The van der Waals surface area contributed by atoms with Crippen molar-refractivity contribution in [3.8, 4) is 5.75 Å². The number of phenolic OH excluding ortho intramolecular Hbond substituents is 1. The minimum absolute atomic E-state index is 0.157. The third-order valence-electron chi connectivity index (χ3n) is 1.37. The van der Waals surface area contributed by atoms with Crippen molar-refractivity contribution in [2.45, 2.75) is 0 Å². The van der Waals surface area contributed by atoms with E-state index < -0.39 is 5.97 Å². The van der Waals surface area contributed by atoms with Crippen LogP contribution < -0.4 is 11.6 Å². The predicted molar refractivity (Wildman–Crippen MR) is 42.1 cm³/mol. The van der Waals surface area contributed by atoms with Crippen molar-refractivity contribution in [3.05, 3.63) is 23.8 Å². The molecule has 0 heterocycles. The Morgan fingerprint density at radius 2 is 2.17 bits per heavy atom. The van der Waals surface area contributed by atoms with Gasteiger partial charge in [0.05, 0.1) is 11.3 Å². The number of aromatic hydroxyl groups is 1. The van der Waals surface area contributed by atoms with Crippen LogP contribution in [-0.4, -0.2) is 11.1 Å². The van der Waals surface area contributed by atoms with Gasteiger partial charge in [-0.25, -0.2) is 4.79 Å². The molecule has 0 fully saturated rings. The molecule has 5 N–H and O–H groups in total. The first-order valence-corrected chi connectivity index (χ1v) is 3.14. The SMILES string of the molecule is NOC(=O)c1ccc(N)c(O)c1. The first-order valence-electron chi connectivity index (χ1n) is 3.14. The van der Waals surface area contributed by atoms with Gasteiger partial charge in [-0.15, -0.1) is 0 Å². The van der Waals surface area contributed by atoms with Gasteiger partial charge in [0.1, 0.15) is 5.75 Å². The number of hydrogen-bond acceptors (Lipinski definition) is 5. The highest BCUT2D eigenvalue weighted by Crippen LogP contribution is 2.20. The molecule has 0 saturated heterocycles. The molecule has 0 saturated carbocycles. The summed E-state index contributed by atoms with van der Waals surface area (Å²) >= 11 is 0. The summed E-state index contributed by atoms with van der Waals surface area (Å²) in [7, 11) is 0. The fourth-order valence-electron chi connectivity index (χ4n) is 0.739. The monoisotopic (exact) mass is 168 g/mol. The van der Waals surface area contributed by atoms with E-state index in [1.165, 1.54) is 18.2 Å². The largest absolute Gasteiger partial charge is 0.506 e. The van der Waals surface area contributed by atoms with Crippen LogP contribution in [0.3, 0.4) is 0 Å². The third-order valence-corrected chi connectivity index (χ3v) is 1.37. The second kappa shape index (κ2) is 3.10. The third kappa shape index (κ3) is 1.46. The van der Waals surface area contributed by atoms with Crippen LogP contribution in [0.5, 0.6) is 5.75 Å². The molecular formula is C7H8N2O3. The Morgan fingerprint density at radius 3 is 2.67 bits per heavy atom. The Morgan fingerprint density at radius 1 is 1.50 bits per heavy atom. The number of benzene rings is 1. The Balaban J connectivity index is 3.05. The Hall–Kier alpha value is -1.75. The lowest BCUT2D eigenvalue weighted by molar-refractivity contribution is 0.0503. The van der Waals surface area contributed by atoms with Gasteiger partial charge >= 0.3 is 5.97 Å². The minimum atomic E-state index is -0.717. The first-order chi connectivity index (χ1) is 5.65. The molecule has 0 amide bonds. The molecule has 0 bridgehead atoms. The minimum Gasteiger partial charge on any atom is -0.506 e. The summed E-state index contributed by atoms with van der Waals surface area (Å²) in [6.07, 6.45) is 0. The lowest BCUT2D eigenvalue weighted by atomic mass is 10.2. The second-order valence-electron chi connectivity index (χ2n) is 2.18. The fraction of sp³-hybridized carbons (Fsp3) is 0. The molecule has 5 heteroatoms. The number of nitrogens with two attached hydrogens (primary N) is 2. The number of carbonyl (C=O) groups excluding carboxylic acids is 1. The standard InChI is InChI=1S/C7H8N2O3/c8-5-2-1-4(3-6(5)10)7(11)12-9/h1-3,10H,8-9H2. The molecule has 0 unspecified atom stereocenters. The molecule has 0 atom stereocenters. The van der Waals surface area contributed by atoms with Crippen molar-refractivity contribution in [1.82, 2.24) is 0 Å². The average molecular weight is 168 g/mol. The predicted octanol–water partition coefficient (Wildman–Crippen LogP) is 0.00490. The van der Waals surface area contributed by atoms with Crippen molar-refractivity contribution in [2.24, 2.45) is 5.90 Å². The topological polar surface area (TPSA) is 98.6 Å². The molecule has 1 aromatic rings. The Kier molecular flexibility index (Phi) is 2.16. The number of nitrogen functional groups attached to an aromatic ring is 1. The number of anilines is 1. The first kappa shape index (κ1) is 8.35. The maximum Gasteiger partial charge on any atom is 0.356 e. The zero-order chi connectivity index (χ0) is 9.14. The Bertz CT molecular complexity index is 312. The van der Waals surface area contributed by atoms with Gasteiger partial charge in [0.25, 0.3) is 0 Å². The zero-order valence-corrected chi connectivity index (χ0v) is 6.15. The van der Waals surface area contributed by atoms with Crippen LogP contribution in [-0.2, 0) is 4.84 Å². The van der Waals surface area contributed by atoms with E-state index in [0.29, 0.717) is 0 Å². The van der Waals surface area contributed by atoms with Gasteiger partial charge in [-0.2, -0.15) is 5.90 Å². The molecule has 0 aliphatic carbocycles. The molecule has 0 aliphatic heterocycles. The summed E-state index contributed by atoms with van der Waals surface area (Å²) in [5.74, 6) is 3.74. The molecule has 0 aromatic heterocycles. The second-order valence-corrected chi connectivity index (χ2v) is 2.18. The quantitative estimate of drug-likeness (QED) is 0.311. The average Bonchev–Trinajstić information content (AvgIpc) is 2.08. The summed E-state index contributed by atoms with van der Waals surface area (Å²) in [6.45, 7) is 0. The lowest BCUT2D eigenvalue weighted by Gasteiger charge is -2.00. The van der Waals surface area contributed by atoms with Crippen LogP contribution in [0.2, 0.25) is 0 Å². The van der Waals surface area contributed by atoms with Crippen molar-refractivity contribution in [3.63, 3.8) is 0 Å². The van der Waals surface area contributed by atoms with Gasteiger partial charge in [0, 0.05) is 0 Å². The maximum atomic E-state index is 10.8. The molecule has 1 aromatic carbocycles. The number of carbonyl (C=O) groups is 1. The van der Waals surface area contributed by atoms with Crippen molar-refractivity contribution < 1.29 is 14.7 Å². The summed E-state index contributed by atoms with van der Waals surface area (Å²) in [5.41, 5.74) is 5.65.